The number of aromatic nitrogens is 4. The highest BCUT2D eigenvalue weighted by Crippen LogP contribution is 2.29. The van der Waals surface area contributed by atoms with Crippen molar-refractivity contribution in [3.63, 3.8) is 0 Å². The van der Waals surface area contributed by atoms with Crippen LogP contribution < -0.4 is 0 Å². The van der Waals surface area contributed by atoms with Gasteiger partial charge in [-0.05, 0) is 0 Å². The van der Waals surface area contributed by atoms with E-state index in [1.54, 1.807) is 13.8 Å². The fourth-order valence-electron chi connectivity index (χ4n) is 1.59. The first-order valence-electron chi connectivity index (χ1n) is 5.92. The third kappa shape index (κ3) is 3.01. The van der Waals surface area contributed by atoms with E-state index in [4.69, 9.17) is 5.11 Å². The Morgan fingerprint density at radius 1 is 1.33 bits per heavy atom. The maximum Gasteiger partial charge on any atom is 0.419 e. The molecule has 112 valence electrons. The van der Waals surface area contributed by atoms with E-state index in [0.717, 1.165) is 10.9 Å². The Hall–Kier alpha value is -2.45. The molecule has 0 spiro atoms. The van der Waals surface area contributed by atoms with Gasteiger partial charge in [-0.25, -0.2) is 19.4 Å². The minimum absolute atomic E-state index is 0.111. The highest BCUT2D eigenvalue weighted by Gasteiger charge is 2.32. The Bertz CT molecular complexity index is 679. The molecule has 1 N–H and O–H groups in total. The minimum atomic E-state index is -4.56. The van der Waals surface area contributed by atoms with E-state index >= 15 is 0 Å². The highest BCUT2D eigenvalue weighted by molar-refractivity contribution is 5.89. The number of rotatable bonds is 3. The average Bonchev–Trinajstić information content (AvgIpc) is 2.87. The summed E-state index contributed by atoms with van der Waals surface area (Å²) in [7, 11) is 0. The lowest BCUT2D eigenvalue weighted by Crippen LogP contribution is -2.12. The second kappa shape index (κ2) is 5.15. The fraction of sp³-hybridized carbons (Fsp3) is 0.333. The van der Waals surface area contributed by atoms with Gasteiger partial charge in [0.2, 0.25) is 0 Å². The predicted octanol–water partition coefficient (Wildman–Crippen LogP) is 2.50. The Labute approximate surface area is 117 Å². The first-order chi connectivity index (χ1) is 9.70. The van der Waals surface area contributed by atoms with Crippen LogP contribution in [0.4, 0.5) is 13.2 Å². The summed E-state index contributed by atoms with van der Waals surface area (Å²) >= 11 is 0. The lowest BCUT2D eigenvalue weighted by Gasteiger charge is -2.09. The lowest BCUT2D eigenvalue weighted by molar-refractivity contribution is -0.137. The molecule has 21 heavy (non-hydrogen) atoms. The van der Waals surface area contributed by atoms with Gasteiger partial charge in [-0.15, -0.1) is 0 Å². The van der Waals surface area contributed by atoms with E-state index in [1.165, 1.54) is 0 Å². The molecule has 0 radical (unpaired) electrons. The van der Waals surface area contributed by atoms with Crippen molar-refractivity contribution < 1.29 is 23.1 Å². The molecule has 0 aliphatic rings. The van der Waals surface area contributed by atoms with Gasteiger partial charge in [0.1, 0.15) is 11.5 Å². The Morgan fingerprint density at radius 2 is 2.00 bits per heavy atom. The van der Waals surface area contributed by atoms with Crippen LogP contribution in [0.15, 0.2) is 18.6 Å². The summed E-state index contributed by atoms with van der Waals surface area (Å²) in [6, 6.07) is 0. The molecule has 9 heteroatoms. The van der Waals surface area contributed by atoms with Gasteiger partial charge < -0.3 is 5.11 Å². The van der Waals surface area contributed by atoms with Crippen LogP contribution in [0.1, 0.15) is 41.6 Å². The Balaban J connectivity index is 2.53. The van der Waals surface area contributed by atoms with Crippen LogP contribution in [-0.2, 0) is 6.18 Å². The second-order valence-corrected chi connectivity index (χ2v) is 4.59. The Kier molecular flexibility index (Phi) is 3.67. The topological polar surface area (TPSA) is 80.9 Å². The lowest BCUT2D eigenvalue weighted by atomic mass is 10.2. The van der Waals surface area contributed by atoms with Crippen molar-refractivity contribution >= 4 is 5.97 Å². The normalized spacial score (nSPS) is 11.9. The third-order valence-electron chi connectivity index (χ3n) is 2.66. The third-order valence-corrected chi connectivity index (χ3v) is 2.66. The van der Waals surface area contributed by atoms with Crippen molar-refractivity contribution in [3.8, 4) is 5.69 Å². The zero-order valence-corrected chi connectivity index (χ0v) is 11.1. The molecule has 2 aromatic rings. The summed E-state index contributed by atoms with van der Waals surface area (Å²) in [5.41, 5.74) is -1.50. The second-order valence-electron chi connectivity index (χ2n) is 4.59. The first kappa shape index (κ1) is 14.9. The van der Waals surface area contributed by atoms with Crippen LogP contribution in [0.25, 0.3) is 5.69 Å². The molecule has 0 amide bonds. The van der Waals surface area contributed by atoms with E-state index in [0.29, 0.717) is 18.2 Å². The highest BCUT2D eigenvalue weighted by atomic mass is 19.4. The van der Waals surface area contributed by atoms with Gasteiger partial charge in [-0.1, -0.05) is 13.8 Å². The van der Waals surface area contributed by atoms with E-state index in [9.17, 15) is 18.0 Å². The Morgan fingerprint density at radius 3 is 2.48 bits per heavy atom. The van der Waals surface area contributed by atoms with E-state index < -0.39 is 23.4 Å². The molecule has 0 saturated heterocycles. The standard InChI is InChI=1S/C12H11F3N4O2/c1-6(2)10-16-4-8(9(18-10)11(20)21)19-5-7(3-17-19)12(13,14)15/h3-6H,1-2H3,(H,20,21). The predicted molar refractivity (Wildman–Crippen MR) is 65.2 cm³/mol. The zero-order valence-electron chi connectivity index (χ0n) is 11.1. The van der Waals surface area contributed by atoms with E-state index in [1.807, 2.05) is 0 Å². The number of carboxylic acids is 1. The quantitative estimate of drug-likeness (QED) is 0.942. The van der Waals surface area contributed by atoms with Crippen molar-refractivity contribution in [1.82, 2.24) is 19.7 Å². The van der Waals surface area contributed by atoms with Gasteiger partial charge >= 0.3 is 12.1 Å². The van der Waals surface area contributed by atoms with Crippen LogP contribution in [0.3, 0.4) is 0 Å². The van der Waals surface area contributed by atoms with Crippen molar-refractivity contribution in [3.05, 3.63) is 35.7 Å². The van der Waals surface area contributed by atoms with Gasteiger partial charge in [0.25, 0.3) is 0 Å². The fourth-order valence-corrected chi connectivity index (χ4v) is 1.59. The summed E-state index contributed by atoms with van der Waals surface area (Å²) in [4.78, 5) is 19.0. The van der Waals surface area contributed by atoms with Crippen molar-refractivity contribution in [2.24, 2.45) is 0 Å². The number of halogens is 3. The van der Waals surface area contributed by atoms with Crippen molar-refractivity contribution in [2.75, 3.05) is 0 Å². The molecule has 2 aromatic heterocycles. The summed E-state index contributed by atoms with van der Waals surface area (Å²) < 4.78 is 38.4. The summed E-state index contributed by atoms with van der Waals surface area (Å²) in [5.74, 6) is -1.18. The number of hydrogen-bond acceptors (Lipinski definition) is 4. The molecule has 2 rings (SSSR count). The number of alkyl halides is 3. The summed E-state index contributed by atoms with van der Waals surface area (Å²) in [5, 5.41) is 12.7. The van der Waals surface area contributed by atoms with Gasteiger partial charge in [-0.2, -0.15) is 18.3 Å². The van der Waals surface area contributed by atoms with E-state index in [-0.39, 0.29) is 11.6 Å². The van der Waals surface area contributed by atoms with Crippen LogP contribution in [-0.4, -0.2) is 30.8 Å². The number of nitrogens with zero attached hydrogens (tertiary/aromatic N) is 4. The molecule has 0 aromatic carbocycles. The molecule has 6 nitrogen and oxygen atoms in total. The zero-order chi connectivity index (χ0) is 15.8. The van der Waals surface area contributed by atoms with Crippen molar-refractivity contribution in [2.45, 2.75) is 25.9 Å². The molecule has 0 atom stereocenters. The van der Waals surface area contributed by atoms with Crippen LogP contribution in [0.5, 0.6) is 0 Å². The van der Waals surface area contributed by atoms with E-state index in [2.05, 4.69) is 15.1 Å². The molecular formula is C12H11F3N4O2. The number of aromatic carboxylic acids is 1. The molecular weight excluding hydrogens is 289 g/mol. The van der Waals surface area contributed by atoms with Gasteiger partial charge in [0.15, 0.2) is 5.69 Å². The molecule has 2 heterocycles. The minimum Gasteiger partial charge on any atom is -0.476 e. The number of carboxylic acid groups (broad SMARTS) is 1. The number of carbonyl (C=O) groups is 1. The molecule has 0 unspecified atom stereocenters. The van der Waals surface area contributed by atoms with Crippen LogP contribution in [0.2, 0.25) is 0 Å². The van der Waals surface area contributed by atoms with Crippen LogP contribution >= 0.6 is 0 Å². The molecule has 0 saturated carbocycles. The molecule has 0 bridgehead atoms. The van der Waals surface area contributed by atoms with Crippen LogP contribution in [0, 0.1) is 0 Å². The maximum atomic E-state index is 12.5. The average molecular weight is 300 g/mol. The molecule has 0 fully saturated rings. The summed E-state index contributed by atoms with van der Waals surface area (Å²) in [6.07, 6.45) is -2.10. The van der Waals surface area contributed by atoms with Gasteiger partial charge in [0.05, 0.1) is 18.0 Å². The summed E-state index contributed by atoms with van der Waals surface area (Å²) in [6.45, 7) is 3.55. The largest absolute Gasteiger partial charge is 0.476 e. The molecule has 0 aliphatic carbocycles. The van der Waals surface area contributed by atoms with Gasteiger partial charge in [0, 0.05) is 12.1 Å². The monoisotopic (exact) mass is 300 g/mol. The maximum absolute atomic E-state index is 12.5. The SMILES string of the molecule is CC(C)c1ncc(-n2cc(C(F)(F)F)cn2)c(C(=O)O)n1. The van der Waals surface area contributed by atoms with Gasteiger partial charge in [-0.3, -0.25) is 0 Å². The molecule has 0 aliphatic heterocycles. The van der Waals surface area contributed by atoms with Crippen molar-refractivity contribution in [1.29, 1.82) is 0 Å². The number of hydrogen-bond donors (Lipinski definition) is 1. The first-order valence-corrected chi connectivity index (χ1v) is 5.92. The smallest absolute Gasteiger partial charge is 0.419 e.